The number of sulfonamides is 1. The van der Waals surface area contributed by atoms with Crippen LogP contribution in [0.15, 0.2) is 29.3 Å². The topological polar surface area (TPSA) is 90.0 Å². The van der Waals surface area contributed by atoms with E-state index in [1.165, 1.54) is 18.2 Å². The Hall–Kier alpha value is -1.57. The Labute approximate surface area is 122 Å². The average molecular weight is 315 g/mol. The lowest BCUT2D eigenvalue weighted by atomic mass is 10.3. The van der Waals surface area contributed by atoms with Gasteiger partial charge in [-0.05, 0) is 25.1 Å². The van der Waals surface area contributed by atoms with Crippen LogP contribution in [0.2, 0.25) is 5.02 Å². The van der Waals surface area contributed by atoms with E-state index in [-0.39, 0.29) is 17.1 Å². The summed E-state index contributed by atoms with van der Waals surface area (Å²) in [5, 5.41) is 4.45. The van der Waals surface area contributed by atoms with Crippen molar-refractivity contribution in [1.29, 1.82) is 0 Å². The molecular formula is C12H15ClN4O2S. The Bertz CT molecular complexity index is 740. The number of rotatable bonds is 4. The molecular weight excluding hydrogens is 300 g/mol. The predicted octanol–water partition coefficient (Wildman–Crippen LogP) is 1.44. The molecule has 0 spiro atoms. The number of aromatic nitrogens is 2. The quantitative estimate of drug-likeness (QED) is 0.836. The maximum atomic E-state index is 12.2. The molecule has 2 rings (SSSR count). The van der Waals surface area contributed by atoms with Crippen LogP contribution in [0.3, 0.4) is 0 Å². The van der Waals surface area contributed by atoms with Gasteiger partial charge in [0.2, 0.25) is 10.0 Å². The van der Waals surface area contributed by atoms with E-state index in [9.17, 15) is 8.42 Å². The highest BCUT2D eigenvalue weighted by atomic mass is 35.5. The van der Waals surface area contributed by atoms with Crippen molar-refractivity contribution in [3.63, 3.8) is 0 Å². The Morgan fingerprint density at radius 3 is 2.70 bits per heavy atom. The molecule has 108 valence electrons. The molecule has 2 aromatic rings. The normalized spacial score (nSPS) is 11.8. The maximum absolute atomic E-state index is 12.2. The molecule has 0 aliphatic rings. The molecule has 0 saturated carbocycles. The number of benzene rings is 1. The van der Waals surface area contributed by atoms with Crippen LogP contribution in [-0.2, 0) is 23.6 Å². The van der Waals surface area contributed by atoms with Gasteiger partial charge in [0.1, 0.15) is 4.90 Å². The van der Waals surface area contributed by atoms with Crippen LogP contribution in [0.4, 0.5) is 5.69 Å². The third-order valence-corrected chi connectivity index (χ3v) is 4.76. The molecule has 0 saturated heterocycles. The van der Waals surface area contributed by atoms with Crippen molar-refractivity contribution < 1.29 is 8.42 Å². The van der Waals surface area contributed by atoms with E-state index in [0.29, 0.717) is 5.02 Å². The summed E-state index contributed by atoms with van der Waals surface area (Å²) in [6.07, 6.45) is 1.63. The molecule has 20 heavy (non-hydrogen) atoms. The number of hydrogen-bond donors (Lipinski definition) is 2. The Kier molecular flexibility index (Phi) is 4.03. The lowest BCUT2D eigenvalue weighted by Gasteiger charge is -2.09. The van der Waals surface area contributed by atoms with E-state index in [0.717, 1.165) is 11.3 Å². The van der Waals surface area contributed by atoms with Gasteiger partial charge in [0.15, 0.2) is 0 Å². The minimum Gasteiger partial charge on any atom is -0.398 e. The summed E-state index contributed by atoms with van der Waals surface area (Å²) in [5.74, 6) is 0. The zero-order valence-electron chi connectivity index (χ0n) is 11.1. The second-order valence-corrected chi connectivity index (χ2v) is 6.56. The molecule has 0 radical (unpaired) electrons. The molecule has 6 nitrogen and oxygen atoms in total. The number of nitrogens with two attached hydrogens (primary N) is 1. The van der Waals surface area contributed by atoms with Crippen molar-refractivity contribution in [3.05, 3.63) is 40.7 Å². The fraction of sp³-hybridized carbons (Fsp3) is 0.250. The van der Waals surface area contributed by atoms with E-state index in [1.54, 1.807) is 17.9 Å². The van der Waals surface area contributed by atoms with Gasteiger partial charge in [-0.2, -0.15) is 5.10 Å². The van der Waals surface area contributed by atoms with E-state index in [1.807, 2.05) is 6.92 Å². The Balaban J connectivity index is 2.21. The van der Waals surface area contributed by atoms with E-state index in [4.69, 9.17) is 17.3 Å². The molecule has 0 bridgehead atoms. The summed E-state index contributed by atoms with van der Waals surface area (Å²) in [6.45, 7) is 2.03. The molecule has 1 aromatic heterocycles. The summed E-state index contributed by atoms with van der Waals surface area (Å²) in [7, 11) is -1.89. The summed E-state index contributed by atoms with van der Waals surface area (Å²) >= 11 is 5.76. The number of aryl methyl sites for hydroxylation is 1. The van der Waals surface area contributed by atoms with Gasteiger partial charge >= 0.3 is 0 Å². The van der Waals surface area contributed by atoms with Crippen molar-refractivity contribution in [2.45, 2.75) is 18.4 Å². The summed E-state index contributed by atoms with van der Waals surface area (Å²) in [4.78, 5) is 0.0171. The molecule has 1 aromatic carbocycles. The van der Waals surface area contributed by atoms with Gasteiger partial charge in [0.25, 0.3) is 0 Å². The first-order valence-electron chi connectivity index (χ1n) is 5.83. The lowest BCUT2D eigenvalue weighted by Crippen LogP contribution is -2.24. The van der Waals surface area contributed by atoms with Gasteiger partial charge in [0.05, 0.1) is 11.9 Å². The first-order chi connectivity index (χ1) is 9.31. The molecule has 0 fully saturated rings. The summed E-state index contributed by atoms with van der Waals surface area (Å²) < 4.78 is 28.6. The van der Waals surface area contributed by atoms with Crippen LogP contribution in [0.25, 0.3) is 0 Å². The zero-order valence-corrected chi connectivity index (χ0v) is 12.7. The number of anilines is 1. The maximum Gasteiger partial charge on any atom is 0.242 e. The average Bonchev–Trinajstić information content (AvgIpc) is 2.67. The fourth-order valence-corrected chi connectivity index (χ4v) is 3.03. The monoisotopic (exact) mass is 314 g/mol. The minimum absolute atomic E-state index is 0.0171. The van der Waals surface area contributed by atoms with Crippen molar-refractivity contribution in [3.8, 4) is 0 Å². The second-order valence-electron chi connectivity index (χ2n) is 4.39. The van der Waals surface area contributed by atoms with E-state index >= 15 is 0 Å². The molecule has 0 aliphatic carbocycles. The van der Waals surface area contributed by atoms with Gasteiger partial charge in [-0.25, -0.2) is 13.1 Å². The van der Waals surface area contributed by atoms with Crippen LogP contribution in [-0.4, -0.2) is 18.2 Å². The van der Waals surface area contributed by atoms with Crippen LogP contribution < -0.4 is 10.5 Å². The number of nitrogens with zero attached hydrogens (tertiary/aromatic N) is 2. The summed E-state index contributed by atoms with van der Waals surface area (Å²) in [6, 6.07) is 4.28. The standard InChI is InChI=1S/C12H15ClN4O2S/c1-8-9(6-15-17(8)2)7-16-20(18,19)12-4-3-10(13)5-11(12)14/h3-6,16H,7,14H2,1-2H3. The summed E-state index contributed by atoms with van der Waals surface area (Å²) in [5.41, 5.74) is 7.52. The number of nitrogen functional groups attached to an aromatic ring is 1. The van der Waals surface area contributed by atoms with Gasteiger partial charge in [-0.1, -0.05) is 11.6 Å². The van der Waals surface area contributed by atoms with Gasteiger partial charge in [-0.3, -0.25) is 4.68 Å². The molecule has 3 N–H and O–H groups in total. The van der Waals surface area contributed by atoms with E-state index in [2.05, 4.69) is 9.82 Å². The van der Waals surface area contributed by atoms with Gasteiger partial charge in [0, 0.05) is 29.9 Å². The van der Waals surface area contributed by atoms with Crippen LogP contribution in [0.5, 0.6) is 0 Å². The van der Waals surface area contributed by atoms with Crippen LogP contribution in [0, 0.1) is 6.92 Å². The zero-order chi connectivity index (χ0) is 14.9. The van der Waals surface area contributed by atoms with Crippen molar-refractivity contribution in [2.75, 3.05) is 5.73 Å². The minimum atomic E-state index is -3.68. The fourth-order valence-electron chi connectivity index (χ4n) is 1.73. The van der Waals surface area contributed by atoms with Crippen molar-refractivity contribution in [2.24, 2.45) is 7.05 Å². The van der Waals surface area contributed by atoms with Gasteiger partial charge in [-0.15, -0.1) is 0 Å². The van der Waals surface area contributed by atoms with Crippen molar-refractivity contribution in [1.82, 2.24) is 14.5 Å². The van der Waals surface area contributed by atoms with Gasteiger partial charge < -0.3 is 5.73 Å². The third kappa shape index (κ3) is 2.95. The number of nitrogens with one attached hydrogen (secondary N) is 1. The first-order valence-corrected chi connectivity index (χ1v) is 7.69. The predicted molar refractivity (Wildman–Crippen MR) is 77.8 cm³/mol. The first kappa shape index (κ1) is 14.8. The highest BCUT2D eigenvalue weighted by molar-refractivity contribution is 7.89. The largest absolute Gasteiger partial charge is 0.398 e. The Morgan fingerprint density at radius 1 is 1.45 bits per heavy atom. The SMILES string of the molecule is Cc1c(CNS(=O)(=O)c2ccc(Cl)cc2N)cnn1C. The number of halogens is 1. The molecule has 0 aliphatic heterocycles. The highest BCUT2D eigenvalue weighted by Crippen LogP contribution is 2.22. The molecule has 8 heteroatoms. The Morgan fingerprint density at radius 2 is 2.15 bits per heavy atom. The molecule has 1 heterocycles. The second kappa shape index (κ2) is 5.43. The molecule has 0 atom stereocenters. The van der Waals surface area contributed by atoms with E-state index < -0.39 is 10.0 Å². The highest BCUT2D eigenvalue weighted by Gasteiger charge is 2.18. The van der Waals surface area contributed by atoms with Crippen LogP contribution in [0.1, 0.15) is 11.3 Å². The smallest absolute Gasteiger partial charge is 0.242 e. The molecule has 0 amide bonds. The molecule has 0 unspecified atom stereocenters. The third-order valence-electron chi connectivity index (χ3n) is 3.05. The van der Waals surface area contributed by atoms with Crippen molar-refractivity contribution >= 4 is 27.3 Å². The lowest BCUT2D eigenvalue weighted by molar-refractivity contribution is 0.581. The van der Waals surface area contributed by atoms with Crippen LogP contribution >= 0.6 is 11.6 Å². The number of hydrogen-bond acceptors (Lipinski definition) is 4.